The van der Waals surface area contributed by atoms with E-state index in [9.17, 15) is 5.11 Å². The Hall–Kier alpha value is -2.74. The number of nitrogens with zero attached hydrogens (tertiary/aromatic N) is 3. The number of rotatable bonds is 7. The van der Waals surface area contributed by atoms with Crippen LogP contribution in [0.15, 0.2) is 72.2 Å². The number of para-hydroxylation sites is 1. The second-order valence-corrected chi connectivity index (χ2v) is 10.3. The van der Waals surface area contributed by atoms with E-state index in [-0.39, 0.29) is 0 Å². The number of aromatic hydroxyl groups is 1. The SMILES string of the molecule is C=Cc1ccc(-c2cc(NCI(C=C)c3ccccc3O)ncn2)cn1. The first-order valence-corrected chi connectivity index (χ1v) is 11.8. The molecule has 132 valence electrons. The Bertz CT molecular complexity index is 912. The second-order valence-electron chi connectivity index (χ2n) is 5.28. The molecule has 0 fully saturated rings. The van der Waals surface area contributed by atoms with E-state index in [0.29, 0.717) is 5.75 Å². The number of hydrogen-bond donors (Lipinski definition) is 2. The van der Waals surface area contributed by atoms with E-state index in [2.05, 4.69) is 33.4 Å². The van der Waals surface area contributed by atoms with Gasteiger partial charge >= 0.3 is 160 Å². The Kier molecular flexibility index (Phi) is 5.96. The maximum atomic E-state index is 10.1. The van der Waals surface area contributed by atoms with Gasteiger partial charge in [-0.1, -0.05) is 0 Å². The molecular weight excluding hydrogens is 439 g/mol. The van der Waals surface area contributed by atoms with Gasteiger partial charge in [-0.15, -0.1) is 0 Å². The van der Waals surface area contributed by atoms with Gasteiger partial charge in [-0.3, -0.25) is 0 Å². The number of alkyl halides is 1. The molecule has 0 aliphatic rings. The first-order valence-electron chi connectivity index (χ1n) is 7.91. The first kappa shape index (κ1) is 18.1. The van der Waals surface area contributed by atoms with Crippen LogP contribution in [0.3, 0.4) is 0 Å². The average Bonchev–Trinajstić information content (AvgIpc) is 2.70. The predicted molar refractivity (Wildman–Crippen MR) is 115 cm³/mol. The molecule has 0 aliphatic carbocycles. The molecule has 6 heteroatoms. The van der Waals surface area contributed by atoms with E-state index >= 15 is 0 Å². The average molecular weight is 458 g/mol. The summed E-state index contributed by atoms with van der Waals surface area (Å²) in [6, 6.07) is 13.2. The van der Waals surface area contributed by atoms with Crippen LogP contribution < -0.4 is 5.32 Å². The summed E-state index contributed by atoms with van der Waals surface area (Å²) in [4.78, 5) is 12.9. The molecule has 0 bridgehead atoms. The Balaban J connectivity index is 1.75. The van der Waals surface area contributed by atoms with Crippen molar-refractivity contribution in [2.45, 2.75) is 0 Å². The number of pyridine rings is 1. The van der Waals surface area contributed by atoms with Gasteiger partial charge in [-0.25, -0.2) is 0 Å². The zero-order valence-electron chi connectivity index (χ0n) is 14.1. The third kappa shape index (κ3) is 4.26. The number of hydrogen-bond acceptors (Lipinski definition) is 5. The van der Waals surface area contributed by atoms with Crippen LogP contribution in [0.4, 0.5) is 5.82 Å². The molecule has 5 nitrogen and oxygen atoms in total. The van der Waals surface area contributed by atoms with Crippen molar-refractivity contribution < 1.29 is 5.11 Å². The molecule has 2 heterocycles. The fraction of sp³-hybridized carbons (Fsp3) is 0.0500. The van der Waals surface area contributed by atoms with Crippen LogP contribution >= 0.6 is 19.8 Å². The molecule has 3 aromatic rings. The molecule has 3 rings (SSSR count). The molecule has 0 spiro atoms. The van der Waals surface area contributed by atoms with Crippen LogP contribution in [0.2, 0.25) is 0 Å². The quantitative estimate of drug-likeness (QED) is 0.303. The Morgan fingerprint density at radius 1 is 1.08 bits per heavy atom. The number of phenolic OH excluding ortho intramolecular Hbond substituents is 1. The zero-order chi connectivity index (χ0) is 18.4. The Morgan fingerprint density at radius 3 is 2.62 bits per heavy atom. The summed E-state index contributed by atoms with van der Waals surface area (Å²) < 4.78 is 3.67. The summed E-state index contributed by atoms with van der Waals surface area (Å²) in [7, 11) is 0. The fourth-order valence-corrected chi connectivity index (χ4v) is 5.85. The molecule has 2 aromatic heterocycles. The number of benzene rings is 1. The van der Waals surface area contributed by atoms with Gasteiger partial charge in [-0.2, -0.15) is 0 Å². The van der Waals surface area contributed by atoms with Crippen molar-refractivity contribution in [2.75, 3.05) is 9.87 Å². The Labute approximate surface area is 160 Å². The molecular formula is C20H19IN4O. The summed E-state index contributed by atoms with van der Waals surface area (Å²) in [6.45, 7) is 7.65. The maximum absolute atomic E-state index is 10.1. The van der Waals surface area contributed by atoms with E-state index in [1.165, 1.54) is 6.33 Å². The van der Waals surface area contributed by atoms with Gasteiger partial charge in [0.2, 0.25) is 0 Å². The van der Waals surface area contributed by atoms with Gasteiger partial charge in [0, 0.05) is 0 Å². The van der Waals surface area contributed by atoms with Crippen molar-refractivity contribution in [1.29, 1.82) is 0 Å². The second kappa shape index (κ2) is 8.57. The minimum absolute atomic E-state index is 0.330. The summed E-state index contributed by atoms with van der Waals surface area (Å²) in [5.41, 5.74) is 2.54. The Morgan fingerprint density at radius 2 is 1.92 bits per heavy atom. The van der Waals surface area contributed by atoms with Crippen molar-refractivity contribution in [1.82, 2.24) is 15.0 Å². The van der Waals surface area contributed by atoms with E-state index < -0.39 is 19.8 Å². The zero-order valence-corrected chi connectivity index (χ0v) is 16.3. The topological polar surface area (TPSA) is 70.9 Å². The van der Waals surface area contributed by atoms with Crippen molar-refractivity contribution >= 4 is 31.7 Å². The van der Waals surface area contributed by atoms with Crippen molar-refractivity contribution in [2.24, 2.45) is 0 Å². The van der Waals surface area contributed by atoms with Crippen LogP contribution in [0.25, 0.3) is 17.3 Å². The molecule has 0 unspecified atom stereocenters. The molecule has 0 saturated carbocycles. The van der Waals surface area contributed by atoms with Crippen molar-refractivity contribution in [3.8, 4) is 17.0 Å². The number of nitrogens with one attached hydrogen (secondary N) is 1. The van der Waals surface area contributed by atoms with Gasteiger partial charge in [0.25, 0.3) is 0 Å². The van der Waals surface area contributed by atoms with Gasteiger partial charge in [0.15, 0.2) is 0 Å². The third-order valence-electron chi connectivity index (χ3n) is 3.65. The van der Waals surface area contributed by atoms with Crippen LogP contribution in [-0.2, 0) is 0 Å². The molecule has 0 atom stereocenters. The van der Waals surface area contributed by atoms with Gasteiger partial charge in [0.05, 0.1) is 0 Å². The van der Waals surface area contributed by atoms with E-state index in [1.54, 1.807) is 18.3 Å². The summed E-state index contributed by atoms with van der Waals surface area (Å²) in [6.07, 6.45) is 5.01. The molecule has 0 aliphatic heterocycles. The third-order valence-corrected chi connectivity index (χ3v) is 8.32. The molecule has 26 heavy (non-hydrogen) atoms. The van der Waals surface area contributed by atoms with Crippen LogP contribution in [-0.4, -0.2) is 24.6 Å². The number of phenols is 1. The van der Waals surface area contributed by atoms with E-state index in [0.717, 1.165) is 30.9 Å². The van der Waals surface area contributed by atoms with Gasteiger partial charge < -0.3 is 0 Å². The molecule has 0 saturated heterocycles. The van der Waals surface area contributed by atoms with E-state index in [1.807, 2.05) is 40.5 Å². The number of aromatic nitrogens is 3. The predicted octanol–water partition coefficient (Wildman–Crippen LogP) is 4.78. The molecule has 1 aromatic carbocycles. The normalized spacial score (nSPS) is 10.8. The van der Waals surface area contributed by atoms with Crippen LogP contribution in [0, 0.1) is 3.57 Å². The van der Waals surface area contributed by atoms with Crippen molar-refractivity contribution in [3.05, 3.63) is 81.5 Å². The first-order chi connectivity index (χ1) is 12.7. The fourth-order valence-electron chi connectivity index (χ4n) is 2.30. The van der Waals surface area contributed by atoms with Crippen LogP contribution in [0.1, 0.15) is 5.69 Å². The molecule has 2 N–H and O–H groups in total. The molecule has 0 amide bonds. The van der Waals surface area contributed by atoms with E-state index in [4.69, 9.17) is 0 Å². The minimum atomic E-state index is -1.76. The number of halogens is 1. The monoisotopic (exact) mass is 458 g/mol. The number of anilines is 1. The van der Waals surface area contributed by atoms with Gasteiger partial charge in [-0.05, 0) is 0 Å². The van der Waals surface area contributed by atoms with Crippen molar-refractivity contribution in [3.63, 3.8) is 0 Å². The summed E-state index contributed by atoms with van der Waals surface area (Å²) in [5, 5.41) is 13.4. The summed E-state index contributed by atoms with van der Waals surface area (Å²) in [5.74, 6) is 1.07. The van der Waals surface area contributed by atoms with Gasteiger partial charge in [0.1, 0.15) is 0 Å². The molecule has 0 radical (unpaired) electrons. The van der Waals surface area contributed by atoms with Crippen LogP contribution in [0.5, 0.6) is 5.75 Å². The standard InChI is InChI=1S/C20H19IN4O/c1-3-16-10-9-15(12-22-16)18-11-20(25-14-24-18)23-13-21(4-2)17-7-5-6-8-19(17)26/h3-12,14,26H,1-2,13H2,(H,23,24,25). The summed E-state index contributed by atoms with van der Waals surface area (Å²) >= 11 is -1.76.